The molecule has 1 aliphatic rings. The van der Waals surface area contributed by atoms with Gasteiger partial charge in [0.15, 0.2) is 17.8 Å². The number of aryl methyl sites for hydroxylation is 2. The minimum atomic E-state index is 0.288. The van der Waals surface area contributed by atoms with E-state index in [-0.39, 0.29) is 6.79 Å². The summed E-state index contributed by atoms with van der Waals surface area (Å²) in [6.45, 7) is 0.288. The molecule has 2 aromatic rings. The van der Waals surface area contributed by atoms with Gasteiger partial charge in [0, 0.05) is 12.7 Å². The van der Waals surface area contributed by atoms with E-state index >= 15 is 0 Å². The van der Waals surface area contributed by atoms with Crippen molar-refractivity contribution < 1.29 is 14.3 Å². The van der Waals surface area contributed by atoms with Gasteiger partial charge in [0.05, 0.1) is 6.33 Å². The number of imidazole rings is 1. The maximum Gasteiger partial charge on any atom is 0.231 e. The topological polar surface area (TPSA) is 53.4 Å². The molecule has 0 atom stereocenters. The first-order valence-corrected chi connectivity index (χ1v) is 6.12. The van der Waals surface area contributed by atoms with Gasteiger partial charge >= 0.3 is 0 Å². The molecule has 0 unspecified atom stereocenters. The Bertz CT molecular complexity index is 619. The molecule has 3 rings (SSSR count). The van der Waals surface area contributed by atoms with Gasteiger partial charge in [0.25, 0.3) is 0 Å². The molecule has 98 valence electrons. The van der Waals surface area contributed by atoms with Crippen molar-refractivity contribution in [2.24, 2.45) is 7.05 Å². The van der Waals surface area contributed by atoms with E-state index in [1.807, 2.05) is 29.8 Å². The van der Waals surface area contributed by atoms with Crippen molar-refractivity contribution in [1.29, 1.82) is 0 Å². The third-order valence-electron chi connectivity index (χ3n) is 3.29. The second-order valence-electron chi connectivity index (χ2n) is 4.49. The third-order valence-corrected chi connectivity index (χ3v) is 3.29. The van der Waals surface area contributed by atoms with Crippen LogP contribution in [0.3, 0.4) is 0 Å². The predicted molar refractivity (Wildman–Crippen MR) is 68.6 cm³/mol. The zero-order valence-corrected chi connectivity index (χ0v) is 10.6. The van der Waals surface area contributed by atoms with Crippen LogP contribution in [0.25, 0.3) is 0 Å². The number of fused-ring (bicyclic) bond motifs is 1. The van der Waals surface area contributed by atoms with Gasteiger partial charge in [-0.25, -0.2) is 4.98 Å². The Morgan fingerprint density at radius 1 is 1.32 bits per heavy atom. The van der Waals surface area contributed by atoms with Crippen molar-refractivity contribution in [3.05, 3.63) is 41.5 Å². The lowest BCUT2D eigenvalue weighted by atomic mass is 10.1. The molecule has 1 aromatic carbocycles. The highest BCUT2D eigenvalue weighted by molar-refractivity contribution is 5.73. The smallest absolute Gasteiger partial charge is 0.231 e. The molecular formula is C14H14N2O3. The van der Waals surface area contributed by atoms with Crippen LogP contribution in [0.4, 0.5) is 0 Å². The van der Waals surface area contributed by atoms with E-state index < -0.39 is 0 Å². The lowest BCUT2D eigenvalue weighted by molar-refractivity contribution is 0.111. The first-order chi connectivity index (χ1) is 9.28. The first-order valence-electron chi connectivity index (χ1n) is 6.12. The monoisotopic (exact) mass is 258 g/mol. The second kappa shape index (κ2) is 4.76. The predicted octanol–water partition coefficient (Wildman–Crippen LogP) is 1.75. The maximum atomic E-state index is 10.9. The second-order valence-corrected chi connectivity index (χ2v) is 4.49. The zero-order chi connectivity index (χ0) is 13.2. The lowest BCUT2D eigenvalue weighted by Gasteiger charge is -2.05. The van der Waals surface area contributed by atoms with Gasteiger partial charge in [0.1, 0.15) is 5.69 Å². The molecule has 5 nitrogen and oxygen atoms in total. The van der Waals surface area contributed by atoms with E-state index in [4.69, 9.17) is 9.47 Å². The summed E-state index contributed by atoms with van der Waals surface area (Å²) in [5.41, 5.74) is 2.62. The average molecular weight is 258 g/mol. The SMILES string of the molecule is Cn1cnc(C=O)c1CCc1ccc2c(c1)OCO2. The molecule has 5 heteroatoms. The minimum Gasteiger partial charge on any atom is -0.454 e. The van der Waals surface area contributed by atoms with Crippen LogP contribution in [-0.4, -0.2) is 22.6 Å². The number of ether oxygens (including phenoxy) is 2. The lowest BCUT2D eigenvalue weighted by Crippen LogP contribution is -2.01. The number of aromatic nitrogens is 2. The molecule has 0 N–H and O–H groups in total. The largest absolute Gasteiger partial charge is 0.454 e. The van der Waals surface area contributed by atoms with Crippen molar-refractivity contribution in [2.75, 3.05) is 6.79 Å². The Kier molecular flexibility index (Phi) is 2.95. The summed E-state index contributed by atoms with van der Waals surface area (Å²) in [6, 6.07) is 5.92. The van der Waals surface area contributed by atoms with Crippen LogP contribution < -0.4 is 9.47 Å². The molecule has 0 radical (unpaired) electrons. The molecule has 0 fully saturated rings. The van der Waals surface area contributed by atoms with Gasteiger partial charge in [-0.15, -0.1) is 0 Å². The number of rotatable bonds is 4. The molecule has 0 saturated carbocycles. The Hall–Kier alpha value is -2.30. The van der Waals surface area contributed by atoms with E-state index in [9.17, 15) is 4.79 Å². The molecule has 1 aromatic heterocycles. The van der Waals surface area contributed by atoms with E-state index in [2.05, 4.69) is 4.98 Å². The summed E-state index contributed by atoms with van der Waals surface area (Å²) in [7, 11) is 1.90. The highest BCUT2D eigenvalue weighted by Crippen LogP contribution is 2.32. The molecule has 0 bridgehead atoms. The fourth-order valence-corrected chi connectivity index (χ4v) is 2.24. The fourth-order valence-electron chi connectivity index (χ4n) is 2.24. The Morgan fingerprint density at radius 2 is 2.16 bits per heavy atom. The fraction of sp³-hybridized carbons (Fsp3) is 0.286. The standard InChI is InChI=1S/C14H14N2O3/c1-16-8-15-11(7-17)12(16)4-2-10-3-5-13-14(6-10)19-9-18-13/h3,5-8H,2,4,9H2,1H3. The van der Waals surface area contributed by atoms with Crippen LogP contribution in [0.1, 0.15) is 21.7 Å². The van der Waals surface area contributed by atoms with Gasteiger partial charge < -0.3 is 14.0 Å². The van der Waals surface area contributed by atoms with E-state index in [1.54, 1.807) is 6.33 Å². The van der Waals surface area contributed by atoms with Crippen LogP contribution in [0.5, 0.6) is 11.5 Å². The summed E-state index contributed by atoms with van der Waals surface area (Å²) in [5, 5.41) is 0. The summed E-state index contributed by atoms with van der Waals surface area (Å²) in [6.07, 6.45) is 4.06. The summed E-state index contributed by atoms with van der Waals surface area (Å²) < 4.78 is 12.5. The van der Waals surface area contributed by atoms with Crippen molar-refractivity contribution in [1.82, 2.24) is 9.55 Å². The van der Waals surface area contributed by atoms with Gasteiger partial charge in [-0.05, 0) is 30.5 Å². The number of carbonyl (C=O) groups is 1. The van der Waals surface area contributed by atoms with Crippen molar-refractivity contribution in [2.45, 2.75) is 12.8 Å². The van der Waals surface area contributed by atoms with Gasteiger partial charge in [0.2, 0.25) is 6.79 Å². The van der Waals surface area contributed by atoms with Crippen LogP contribution in [0, 0.1) is 0 Å². The third kappa shape index (κ3) is 2.19. The number of aldehydes is 1. The number of hydrogen-bond donors (Lipinski definition) is 0. The zero-order valence-electron chi connectivity index (χ0n) is 10.6. The molecule has 19 heavy (non-hydrogen) atoms. The van der Waals surface area contributed by atoms with Crippen LogP contribution in [0.2, 0.25) is 0 Å². The van der Waals surface area contributed by atoms with Crippen molar-refractivity contribution in [3.63, 3.8) is 0 Å². The maximum absolute atomic E-state index is 10.9. The first kappa shape index (κ1) is 11.8. The quantitative estimate of drug-likeness (QED) is 0.784. The van der Waals surface area contributed by atoms with Crippen LogP contribution >= 0.6 is 0 Å². The van der Waals surface area contributed by atoms with E-state index in [0.717, 1.165) is 41.9 Å². The Balaban J connectivity index is 1.75. The van der Waals surface area contributed by atoms with Crippen LogP contribution in [-0.2, 0) is 19.9 Å². The molecule has 0 spiro atoms. The Morgan fingerprint density at radius 3 is 3.00 bits per heavy atom. The van der Waals surface area contributed by atoms with Crippen molar-refractivity contribution in [3.8, 4) is 11.5 Å². The van der Waals surface area contributed by atoms with Gasteiger partial charge in [-0.1, -0.05) is 6.07 Å². The summed E-state index contributed by atoms with van der Waals surface area (Å²) in [5.74, 6) is 1.58. The molecule has 0 aliphatic carbocycles. The molecule has 1 aliphatic heterocycles. The normalized spacial score (nSPS) is 12.7. The van der Waals surface area contributed by atoms with Crippen LogP contribution in [0.15, 0.2) is 24.5 Å². The average Bonchev–Trinajstić information content (AvgIpc) is 3.02. The number of benzene rings is 1. The summed E-state index contributed by atoms with van der Waals surface area (Å²) >= 11 is 0. The van der Waals surface area contributed by atoms with E-state index in [1.165, 1.54) is 0 Å². The minimum absolute atomic E-state index is 0.288. The molecular weight excluding hydrogens is 244 g/mol. The number of carbonyl (C=O) groups excluding carboxylic acids is 1. The van der Waals surface area contributed by atoms with Crippen molar-refractivity contribution >= 4 is 6.29 Å². The number of nitrogens with zero attached hydrogens (tertiary/aromatic N) is 2. The summed E-state index contributed by atoms with van der Waals surface area (Å²) in [4.78, 5) is 14.9. The van der Waals surface area contributed by atoms with Gasteiger partial charge in [-0.3, -0.25) is 4.79 Å². The highest BCUT2D eigenvalue weighted by Gasteiger charge is 2.14. The Labute approximate surface area is 110 Å². The van der Waals surface area contributed by atoms with E-state index in [0.29, 0.717) is 5.69 Å². The molecule has 0 amide bonds. The molecule has 2 heterocycles. The highest BCUT2D eigenvalue weighted by atomic mass is 16.7. The number of hydrogen-bond acceptors (Lipinski definition) is 4. The van der Waals surface area contributed by atoms with Gasteiger partial charge in [-0.2, -0.15) is 0 Å². The molecule has 0 saturated heterocycles.